The number of esters is 1. The van der Waals surface area contributed by atoms with Crippen LogP contribution in [0, 0.1) is 12.3 Å². The fraction of sp³-hybridized carbons (Fsp3) is 0.556. The van der Waals surface area contributed by atoms with Crippen LogP contribution in [0.4, 0.5) is 0 Å². The summed E-state index contributed by atoms with van der Waals surface area (Å²) in [6.45, 7) is 6.27. The average Bonchev–Trinajstić information content (AvgIpc) is 3.38. The van der Waals surface area contributed by atoms with E-state index in [0.717, 1.165) is 17.3 Å². The molecule has 3 rings (SSSR count). The number of H-pyrrole nitrogens is 1. The van der Waals surface area contributed by atoms with Gasteiger partial charge in [-0.15, -0.1) is 0 Å². The molecule has 1 aliphatic heterocycles. The number of aromatic nitrogens is 2. The van der Waals surface area contributed by atoms with Crippen LogP contribution < -0.4 is 16.3 Å². The summed E-state index contributed by atoms with van der Waals surface area (Å²) in [5, 5.41) is 6.34. The highest BCUT2D eigenvalue weighted by atomic mass is 32.2. The number of carbonyl (C=O) groups excluding carboxylic acids is 2. The van der Waals surface area contributed by atoms with Crippen molar-refractivity contribution in [1.29, 1.82) is 0 Å². The number of thioether (sulfide) groups is 1. The number of hydrogen-bond acceptors (Lipinski definition) is 11. The van der Waals surface area contributed by atoms with Gasteiger partial charge in [-0.05, 0) is 24.4 Å². The Morgan fingerprint density at radius 3 is 2.61 bits per heavy atom. The van der Waals surface area contributed by atoms with Crippen LogP contribution in [-0.2, 0) is 39.1 Å². The van der Waals surface area contributed by atoms with Crippen LogP contribution in [0.15, 0.2) is 51.2 Å². The lowest BCUT2D eigenvalue weighted by Gasteiger charge is -2.26. The van der Waals surface area contributed by atoms with E-state index in [1.54, 1.807) is 45.0 Å². The van der Waals surface area contributed by atoms with Gasteiger partial charge in [0.25, 0.3) is 5.56 Å². The van der Waals surface area contributed by atoms with E-state index < -0.39 is 61.4 Å². The topological polar surface area (TPSA) is 204 Å². The molecule has 1 fully saturated rings. The predicted molar refractivity (Wildman–Crippen MR) is 163 cm³/mol. The fourth-order valence-electron chi connectivity index (χ4n) is 4.18. The Hall–Kier alpha value is -3.23. The number of hydrogen-bond donors (Lipinski definition) is 2. The molecule has 0 radical (unpaired) electrons. The molecule has 0 spiro atoms. The van der Waals surface area contributed by atoms with Crippen LogP contribution in [0.5, 0.6) is 0 Å². The first-order valence-corrected chi connectivity index (χ1v) is 16.3. The molecular weight excluding hydrogens is 615 g/mol. The lowest BCUT2D eigenvalue weighted by atomic mass is 10.00. The van der Waals surface area contributed by atoms with E-state index >= 15 is 0 Å². The quantitative estimate of drug-likeness (QED) is 0.0753. The molecule has 1 saturated heterocycles. The first kappa shape index (κ1) is 35.3. The van der Waals surface area contributed by atoms with Crippen molar-refractivity contribution in [3.8, 4) is 0 Å². The maximum absolute atomic E-state index is 14.1. The van der Waals surface area contributed by atoms with Crippen LogP contribution in [0.2, 0.25) is 0 Å². The molecule has 15 nitrogen and oxygen atoms in total. The number of nitrogens with one attached hydrogen (secondary N) is 2. The minimum atomic E-state index is -4.30. The lowest BCUT2D eigenvalue weighted by Crippen LogP contribution is -2.39. The fourth-order valence-corrected chi connectivity index (χ4v) is 6.57. The Bertz CT molecular complexity index is 1520. The SMILES string of the molecule is COC(=O)[C@H](Cc1ccccc1)NP(=O)(OCCSC(=O)C(C)(C)C)OCC1OC(n2cc(C)c(=O)[nH]c2=O)CC1N=[N+]=[N-]. The second-order valence-electron chi connectivity index (χ2n) is 11.0. The molecule has 2 N–H and O–H groups in total. The molecule has 0 bridgehead atoms. The monoisotopic (exact) mass is 652 g/mol. The normalized spacial score (nSPS) is 20.3. The van der Waals surface area contributed by atoms with Crippen LogP contribution in [-0.4, -0.2) is 64.9 Å². The Kier molecular flexibility index (Phi) is 12.6. The third-order valence-corrected chi connectivity index (χ3v) is 9.43. The van der Waals surface area contributed by atoms with Gasteiger partial charge in [0.1, 0.15) is 12.3 Å². The number of azide groups is 1. The van der Waals surface area contributed by atoms with Crippen LogP contribution in [0.25, 0.3) is 10.4 Å². The van der Waals surface area contributed by atoms with Crippen LogP contribution >= 0.6 is 19.5 Å². The zero-order valence-electron chi connectivity index (χ0n) is 25.1. The molecule has 4 unspecified atom stereocenters. The van der Waals surface area contributed by atoms with Gasteiger partial charge in [0.15, 0.2) is 5.12 Å². The summed E-state index contributed by atoms with van der Waals surface area (Å²) < 4.78 is 37.5. The maximum Gasteiger partial charge on any atom is 0.406 e. The van der Waals surface area contributed by atoms with E-state index in [0.29, 0.717) is 0 Å². The summed E-state index contributed by atoms with van der Waals surface area (Å²) in [5.41, 5.74) is 8.30. The van der Waals surface area contributed by atoms with Crippen molar-refractivity contribution in [3.05, 3.63) is 78.9 Å². The molecule has 0 amide bonds. The number of methoxy groups -OCH3 is 1. The third kappa shape index (κ3) is 9.89. The van der Waals surface area contributed by atoms with Crippen molar-refractivity contribution in [2.24, 2.45) is 10.5 Å². The highest BCUT2D eigenvalue weighted by molar-refractivity contribution is 8.13. The summed E-state index contributed by atoms with van der Waals surface area (Å²) in [6, 6.07) is 7.00. The summed E-state index contributed by atoms with van der Waals surface area (Å²) in [4.78, 5) is 54.3. The predicted octanol–water partition coefficient (Wildman–Crippen LogP) is 3.63. The van der Waals surface area contributed by atoms with Crippen molar-refractivity contribution in [2.75, 3.05) is 26.1 Å². The van der Waals surface area contributed by atoms with Crippen LogP contribution in [0.1, 0.15) is 44.5 Å². The second kappa shape index (κ2) is 15.7. The van der Waals surface area contributed by atoms with Gasteiger partial charge in [-0.2, -0.15) is 0 Å². The lowest BCUT2D eigenvalue weighted by molar-refractivity contribution is -0.142. The Morgan fingerprint density at radius 1 is 1.27 bits per heavy atom. The van der Waals surface area contributed by atoms with Crippen molar-refractivity contribution < 1.29 is 32.7 Å². The molecule has 0 aliphatic carbocycles. The second-order valence-corrected chi connectivity index (χ2v) is 13.9. The van der Waals surface area contributed by atoms with E-state index in [1.807, 2.05) is 6.07 Å². The molecule has 5 atom stereocenters. The van der Waals surface area contributed by atoms with E-state index in [1.165, 1.54) is 24.8 Å². The first-order valence-electron chi connectivity index (χ1n) is 13.7. The molecule has 240 valence electrons. The molecular formula is C27H37N6O9PS. The molecule has 44 heavy (non-hydrogen) atoms. The Morgan fingerprint density at radius 2 is 1.98 bits per heavy atom. The van der Waals surface area contributed by atoms with Crippen molar-refractivity contribution >= 4 is 30.6 Å². The number of rotatable bonds is 14. The van der Waals surface area contributed by atoms with E-state index in [2.05, 4.69) is 20.1 Å². The largest absolute Gasteiger partial charge is 0.468 e. The van der Waals surface area contributed by atoms with Crippen molar-refractivity contribution in [3.63, 3.8) is 0 Å². The summed E-state index contributed by atoms with van der Waals surface area (Å²) >= 11 is 1.01. The number of benzene rings is 1. The Balaban J connectivity index is 1.81. The summed E-state index contributed by atoms with van der Waals surface area (Å²) in [5.74, 6) is -0.555. The smallest absolute Gasteiger partial charge is 0.406 e. The molecule has 1 aliphatic rings. The van der Waals surface area contributed by atoms with Crippen LogP contribution in [0.3, 0.4) is 0 Å². The van der Waals surface area contributed by atoms with Gasteiger partial charge in [0.05, 0.1) is 32.5 Å². The Labute approximate surface area is 258 Å². The van der Waals surface area contributed by atoms with Gasteiger partial charge in [0, 0.05) is 34.3 Å². The van der Waals surface area contributed by atoms with E-state index in [-0.39, 0.29) is 35.9 Å². The summed E-state index contributed by atoms with van der Waals surface area (Å²) in [7, 11) is -3.10. The molecule has 0 saturated carbocycles. The molecule has 1 aromatic heterocycles. The zero-order valence-corrected chi connectivity index (χ0v) is 26.8. The maximum atomic E-state index is 14.1. The summed E-state index contributed by atoms with van der Waals surface area (Å²) in [6.07, 6.45) is -0.405. The molecule has 2 heterocycles. The highest BCUT2D eigenvalue weighted by Crippen LogP contribution is 2.46. The first-order chi connectivity index (χ1) is 20.8. The number of aromatic amines is 1. The minimum Gasteiger partial charge on any atom is -0.468 e. The molecule has 2 aromatic rings. The van der Waals surface area contributed by atoms with Crippen molar-refractivity contribution in [2.45, 2.75) is 65.0 Å². The van der Waals surface area contributed by atoms with E-state index in [4.69, 9.17) is 24.1 Å². The average molecular weight is 653 g/mol. The standard InChI is InChI=1S/C27H37N6O9PS/c1-17-15-33(26(37)29-23(17)34)22-14-19(30-32-28)21(42-22)16-41-43(38,40-11-12-44-25(36)27(2,3)4)31-20(24(35)39-5)13-18-9-7-6-8-10-18/h6-10,15,19-22H,11-14,16H2,1-5H3,(H,31,38)(H,29,34,37)/t19?,20-,21?,22?,43?/m0/s1. The van der Waals surface area contributed by atoms with Gasteiger partial charge in [0.2, 0.25) is 0 Å². The minimum absolute atomic E-state index is 0.0619. The highest BCUT2D eigenvalue weighted by Gasteiger charge is 2.40. The van der Waals surface area contributed by atoms with Gasteiger partial charge in [-0.25, -0.2) is 14.4 Å². The number of aryl methyl sites for hydroxylation is 1. The number of ether oxygens (including phenoxy) is 2. The van der Waals surface area contributed by atoms with Crippen molar-refractivity contribution in [1.82, 2.24) is 14.6 Å². The molecule has 17 heteroatoms. The van der Waals surface area contributed by atoms with E-state index in [9.17, 15) is 23.7 Å². The number of nitrogens with zero attached hydrogens (tertiary/aromatic N) is 4. The third-order valence-electron chi connectivity index (χ3n) is 6.54. The zero-order chi connectivity index (χ0) is 32.5. The van der Waals surface area contributed by atoms with Gasteiger partial charge in [-0.1, -0.05) is 68.0 Å². The number of carbonyl (C=O) groups is 2. The van der Waals surface area contributed by atoms with Gasteiger partial charge in [-0.3, -0.25) is 33.0 Å². The van der Waals surface area contributed by atoms with Gasteiger partial charge < -0.3 is 9.47 Å². The molecule has 1 aromatic carbocycles. The van der Waals surface area contributed by atoms with Gasteiger partial charge >= 0.3 is 19.4 Å².